The first-order chi connectivity index (χ1) is 16.2. The maximum Gasteiger partial charge on any atom is 0.269 e. The van der Waals surface area contributed by atoms with E-state index in [9.17, 15) is 19.7 Å². The van der Waals surface area contributed by atoms with Crippen molar-refractivity contribution in [1.29, 1.82) is 0 Å². The summed E-state index contributed by atoms with van der Waals surface area (Å²) in [4.78, 5) is 35.3. The average Bonchev–Trinajstić information content (AvgIpc) is 3.16. The first-order valence-electron chi connectivity index (χ1n) is 10.6. The third-order valence-corrected chi connectivity index (χ3v) is 6.13. The smallest absolute Gasteiger partial charge is 0.269 e. The molecule has 2 amide bonds. The van der Waals surface area contributed by atoms with Crippen LogP contribution in [0.3, 0.4) is 0 Å². The highest BCUT2D eigenvalue weighted by Crippen LogP contribution is 2.25. The minimum Gasteiger partial charge on any atom is -0.342 e. The summed E-state index contributed by atoms with van der Waals surface area (Å²) >= 11 is 1.21. The molecule has 2 N–H and O–H groups in total. The van der Waals surface area contributed by atoms with Gasteiger partial charge in [0.1, 0.15) is 0 Å². The number of hydrogen-bond acceptors (Lipinski definition) is 7. The van der Waals surface area contributed by atoms with E-state index in [1.165, 1.54) is 36.0 Å². The number of benzene rings is 2. The lowest BCUT2D eigenvalue weighted by atomic mass is 10.0. The molecule has 1 unspecified atom stereocenters. The van der Waals surface area contributed by atoms with E-state index in [2.05, 4.69) is 20.8 Å². The van der Waals surface area contributed by atoms with E-state index in [0.717, 1.165) is 5.56 Å². The van der Waals surface area contributed by atoms with E-state index >= 15 is 0 Å². The highest BCUT2D eigenvalue weighted by Gasteiger charge is 2.25. The molecular formula is C23H26N6O4S. The Morgan fingerprint density at radius 1 is 1.09 bits per heavy atom. The van der Waals surface area contributed by atoms with Gasteiger partial charge in [-0.05, 0) is 37.1 Å². The Hall–Kier alpha value is -3.73. The van der Waals surface area contributed by atoms with Crippen molar-refractivity contribution in [3.8, 4) is 0 Å². The predicted molar refractivity (Wildman–Crippen MR) is 130 cm³/mol. The Morgan fingerprint density at radius 3 is 2.32 bits per heavy atom. The Labute approximate surface area is 201 Å². The molecule has 3 rings (SSSR count). The van der Waals surface area contributed by atoms with Gasteiger partial charge >= 0.3 is 0 Å². The summed E-state index contributed by atoms with van der Waals surface area (Å²) in [5, 5.41) is 25.5. The van der Waals surface area contributed by atoms with Crippen LogP contribution in [0.15, 0.2) is 53.7 Å². The molecular weight excluding hydrogens is 456 g/mol. The number of rotatable bonds is 9. The van der Waals surface area contributed by atoms with E-state index in [1.54, 1.807) is 23.7 Å². The fourth-order valence-electron chi connectivity index (χ4n) is 3.18. The first kappa shape index (κ1) is 24.9. The summed E-state index contributed by atoms with van der Waals surface area (Å²) in [7, 11) is 1.79. The van der Waals surface area contributed by atoms with Crippen molar-refractivity contribution in [1.82, 2.24) is 20.1 Å². The Bertz CT molecular complexity index is 1180. The van der Waals surface area contributed by atoms with E-state index in [-0.39, 0.29) is 35.2 Å². The largest absolute Gasteiger partial charge is 0.342 e. The van der Waals surface area contributed by atoms with Crippen LogP contribution in [0.5, 0.6) is 0 Å². The second kappa shape index (κ2) is 10.9. The van der Waals surface area contributed by atoms with Gasteiger partial charge in [-0.15, -0.1) is 10.2 Å². The zero-order valence-electron chi connectivity index (χ0n) is 19.3. The predicted octanol–water partition coefficient (Wildman–Crippen LogP) is 3.89. The van der Waals surface area contributed by atoms with Gasteiger partial charge in [0.15, 0.2) is 11.0 Å². The van der Waals surface area contributed by atoms with Crippen LogP contribution < -0.4 is 10.6 Å². The van der Waals surface area contributed by atoms with Gasteiger partial charge in [-0.3, -0.25) is 19.7 Å². The van der Waals surface area contributed by atoms with Crippen molar-refractivity contribution in [2.24, 2.45) is 13.0 Å². The van der Waals surface area contributed by atoms with Crippen LogP contribution in [0, 0.1) is 23.0 Å². The molecule has 0 saturated carbocycles. The maximum atomic E-state index is 12.7. The van der Waals surface area contributed by atoms with Crippen LogP contribution in [-0.4, -0.2) is 37.3 Å². The molecule has 0 spiro atoms. The van der Waals surface area contributed by atoms with E-state index < -0.39 is 4.92 Å². The Kier molecular flexibility index (Phi) is 8.00. The number of thioether (sulfide) groups is 1. The van der Waals surface area contributed by atoms with Gasteiger partial charge in [0, 0.05) is 30.4 Å². The average molecular weight is 483 g/mol. The lowest BCUT2D eigenvalue weighted by molar-refractivity contribution is -0.384. The van der Waals surface area contributed by atoms with Crippen molar-refractivity contribution in [3.63, 3.8) is 0 Å². The van der Waals surface area contributed by atoms with Crippen LogP contribution in [-0.2, 0) is 11.8 Å². The molecule has 0 saturated heterocycles. The summed E-state index contributed by atoms with van der Waals surface area (Å²) < 4.78 is 1.77. The fourth-order valence-corrected chi connectivity index (χ4v) is 3.89. The maximum absolute atomic E-state index is 12.7. The monoisotopic (exact) mass is 482 g/mol. The van der Waals surface area contributed by atoms with Crippen molar-refractivity contribution in [2.45, 2.75) is 32.0 Å². The number of nitro groups is 1. The number of hydrogen-bond donors (Lipinski definition) is 2. The van der Waals surface area contributed by atoms with E-state index in [0.29, 0.717) is 22.2 Å². The highest BCUT2D eigenvalue weighted by atomic mass is 32.2. The topological polar surface area (TPSA) is 132 Å². The molecule has 1 aromatic heterocycles. The third kappa shape index (κ3) is 6.19. The summed E-state index contributed by atoms with van der Waals surface area (Å²) in [5.41, 5.74) is 2.06. The van der Waals surface area contributed by atoms with Crippen LogP contribution >= 0.6 is 11.8 Å². The molecule has 0 bridgehead atoms. The Morgan fingerprint density at radius 2 is 1.74 bits per heavy atom. The number of aryl methyl sites for hydroxylation is 1. The summed E-state index contributed by atoms with van der Waals surface area (Å²) in [6.07, 6.45) is 0. The van der Waals surface area contributed by atoms with Gasteiger partial charge < -0.3 is 15.2 Å². The molecule has 10 nitrogen and oxygen atoms in total. The first-order valence-corrected chi connectivity index (χ1v) is 11.6. The molecule has 0 fully saturated rings. The number of nitrogens with one attached hydrogen (secondary N) is 2. The highest BCUT2D eigenvalue weighted by molar-refractivity contribution is 7.99. The van der Waals surface area contributed by atoms with E-state index in [1.807, 2.05) is 32.9 Å². The van der Waals surface area contributed by atoms with Gasteiger partial charge in [-0.25, -0.2) is 0 Å². The normalized spacial score (nSPS) is 11.8. The molecule has 178 valence electrons. The van der Waals surface area contributed by atoms with Gasteiger partial charge in [0.05, 0.1) is 16.7 Å². The van der Waals surface area contributed by atoms with E-state index in [4.69, 9.17) is 0 Å². The number of aromatic nitrogens is 3. The summed E-state index contributed by atoms with van der Waals surface area (Å²) in [5.74, 6) is 0.245. The number of amides is 2. The van der Waals surface area contributed by atoms with Crippen LogP contribution in [0.25, 0.3) is 0 Å². The SMILES string of the molecule is Cc1ccc(C(=O)NC(c2nnc(SCC(=O)Nc3ccc([N+](=O)[O-])cc3)n2C)C(C)C)cc1. The van der Waals surface area contributed by atoms with Gasteiger partial charge in [0.25, 0.3) is 11.6 Å². The van der Waals surface area contributed by atoms with Gasteiger partial charge in [-0.1, -0.05) is 43.3 Å². The molecule has 34 heavy (non-hydrogen) atoms. The number of anilines is 1. The van der Waals surface area contributed by atoms with Crippen LogP contribution in [0.4, 0.5) is 11.4 Å². The van der Waals surface area contributed by atoms with Crippen molar-refractivity contribution in [2.75, 3.05) is 11.1 Å². The molecule has 0 radical (unpaired) electrons. The van der Waals surface area contributed by atoms with Gasteiger partial charge in [-0.2, -0.15) is 0 Å². The lowest BCUT2D eigenvalue weighted by Crippen LogP contribution is -2.33. The standard InChI is InChI=1S/C23H26N6O4S/c1-14(2)20(25-22(31)16-7-5-15(3)6-8-16)21-26-27-23(28(21)4)34-13-19(30)24-17-9-11-18(12-10-17)29(32)33/h5-12,14,20H,13H2,1-4H3,(H,24,30)(H,25,31). The lowest BCUT2D eigenvalue weighted by Gasteiger charge is -2.21. The molecule has 2 aromatic carbocycles. The zero-order chi connectivity index (χ0) is 24.8. The number of carbonyl (C=O) groups is 2. The molecule has 1 heterocycles. The second-order valence-corrected chi connectivity index (χ2v) is 9.04. The summed E-state index contributed by atoms with van der Waals surface area (Å²) in [6.45, 7) is 5.93. The number of non-ortho nitro benzene ring substituents is 1. The molecule has 1 atom stereocenters. The number of nitro benzene ring substituents is 1. The van der Waals surface area contributed by atoms with Crippen LogP contribution in [0.1, 0.15) is 41.6 Å². The van der Waals surface area contributed by atoms with Crippen molar-refractivity contribution < 1.29 is 14.5 Å². The number of carbonyl (C=O) groups excluding carboxylic acids is 2. The van der Waals surface area contributed by atoms with Crippen LogP contribution in [0.2, 0.25) is 0 Å². The van der Waals surface area contributed by atoms with Crippen molar-refractivity contribution in [3.05, 3.63) is 75.6 Å². The second-order valence-electron chi connectivity index (χ2n) is 8.10. The molecule has 0 aliphatic rings. The molecule has 0 aliphatic heterocycles. The summed E-state index contributed by atoms with van der Waals surface area (Å²) in [6, 6.07) is 12.6. The molecule has 0 aliphatic carbocycles. The third-order valence-electron chi connectivity index (χ3n) is 5.11. The Balaban J connectivity index is 1.63. The zero-order valence-corrected chi connectivity index (χ0v) is 20.1. The minimum absolute atomic E-state index is 0.0480. The number of nitrogens with zero attached hydrogens (tertiary/aromatic N) is 4. The van der Waals surface area contributed by atoms with Crippen molar-refractivity contribution >= 4 is 35.0 Å². The fraction of sp³-hybridized carbons (Fsp3) is 0.304. The molecule has 3 aromatic rings. The minimum atomic E-state index is -0.499. The quantitative estimate of drug-likeness (QED) is 0.269. The van der Waals surface area contributed by atoms with Gasteiger partial charge in [0.2, 0.25) is 5.91 Å². The molecule has 11 heteroatoms.